The van der Waals surface area contributed by atoms with Crippen LogP contribution < -0.4 is 5.73 Å². The highest BCUT2D eigenvalue weighted by Gasteiger charge is 2.57. The second kappa shape index (κ2) is 4.89. The van der Waals surface area contributed by atoms with Crippen molar-refractivity contribution in [2.75, 3.05) is 5.73 Å². The summed E-state index contributed by atoms with van der Waals surface area (Å²) in [7, 11) is 0. The fraction of sp³-hybridized carbons (Fsp3) is 0.667. The Morgan fingerprint density at radius 2 is 2.00 bits per heavy atom. The predicted octanol–water partition coefficient (Wildman–Crippen LogP) is 3.31. The molecule has 0 amide bonds. The molecule has 2 N–H and O–H groups in total. The molecular formula is C12H15BrF3N3O2. The number of carbonyl (C=O) groups excluding carboxylic acids is 1. The van der Waals surface area contributed by atoms with Gasteiger partial charge in [-0.25, -0.2) is 9.78 Å². The minimum atomic E-state index is -4.28. The maximum atomic E-state index is 12.6. The Balaban J connectivity index is 2.26. The van der Waals surface area contributed by atoms with Crippen LogP contribution in [-0.4, -0.2) is 27.3 Å². The minimum Gasteiger partial charge on any atom is -0.455 e. The van der Waals surface area contributed by atoms with Crippen molar-refractivity contribution in [1.29, 1.82) is 0 Å². The van der Waals surface area contributed by atoms with Gasteiger partial charge in [-0.3, -0.25) is 0 Å². The maximum absolute atomic E-state index is 12.6. The van der Waals surface area contributed by atoms with E-state index in [0.717, 1.165) is 0 Å². The molecular weight excluding hydrogens is 355 g/mol. The third-order valence-electron chi connectivity index (χ3n) is 3.01. The number of anilines is 1. The number of hydrogen-bond donors (Lipinski definition) is 1. The molecule has 118 valence electrons. The standard InChI is InChI=1S/C12H15BrF3N3O2/c1-11(2,3)21-9(20)7-8(17)19(10(13)18-7)6-4-5(6)12(14,15)16/h5-6H,4,17H2,1-3H3/t5-,6-/m1/s1. The van der Waals surface area contributed by atoms with Gasteiger partial charge >= 0.3 is 12.1 Å². The summed E-state index contributed by atoms with van der Waals surface area (Å²) < 4.78 is 44.4. The number of halogens is 4. The zero-order chi connectivity index (χ0) is 16.2. The molecule has 0 aliphatic heterocycles. The van der Waals surface area contributed by atoms with Gasteiger partial charge in [0.25, 0.3) is 0 Å². The first-order valence-corrected chi connectivity index (χ1v) is 7.04. The van der Waals surface area contributed by atoms with Crippen molar-refractivity contribution >= 4 is 27.7 Å². The molecule has 0 saturated heterocycles. The fourth-order valence-corrected chi connectivity index (χ4v) is 2.66. The number of ether oxygens (including phenoxy) is 1. The molecule has 1 saturated carbocycles. The van der Waals surface area contributed by atoms with Crippen molar-refractivity contribution in [3.05, 3.63) is 10.4 Å². The predicted molar refractivity (Wildman–Crippen MR) is 72.7 cm³/mol. The monoisotopic (exact) mass is 369 g/mol. The third kappa shape index (κ3) is 3.33. The van der Waals surface area contributed by atoms with Crippen molar-refractivity contribution in [1.82, 2.24) is 9.55 Å². The largest absolute Gasteiger partial charge is 0.455 e. The van der Waals surface area contributed by atoms with Crippen LogP contribution >= 0.6 is 15.9 Å². The van der Waals surface area contributed by atoms with Gasteiger partial charge in [0.05, 0.1) is 5.92 Å². The molecule has 1 aliphatic carbocycles. The van der Waals surface area contributed by atoms with Crippen LogP contribution in [0.3, 0.4) is 0 Å². The molecule has 1 aliphatic rings. The molecule has 2 atom stereocenters. The van der Waals surface area contributed by atoms with E-state index in [2.05, 4.69) is 20.9 Å². The molecule has 0 radical (unpaired) electrons. The fourth-order valence-electron chi connectivity index (χ4n) is 2.03. The summed E-state index contributed by atoms with van der Waals surface area (Å²) in [5.41, 5.74) is 4.85. The summed E-state index contributed by atoms with van der Waals surface area (Å²) in [5.74, 6) is -2.34. The van der Waals surface area contributed by atoms with E-state index in [1.54, 1.807) is 20.8 Å². The molecule has 1 heterocycles. The first kappa shape index (κ1) is 16.1. The molecule has 21 heavy (non-hydrogen) atoms. The molecule has 2 rings (SSSR count). The van der Waals surface area contributed by atoms with E-state index in [4.69, 9.17) is 10.5 Å². The van der Waals surface area contributed by atoms with Gasteiger partial charge in [0.15, 0.2) is 10.4 Å². The summed E-state index contributed by atoms with van der Waals surface area (Å²) >= 11 is 3.05. The molecule has 0 unspecified atom stereocenters. The van der Waals surface area contributed by atoms with Crippen LogP contribution in [0.5, 0.6) is 0 Å². The van der Waals surface area contributed by atoms with Gasteiger partial charge in [-0.05, 0) is 43.1 Å². The van der Waals surface area contributed by atoms with Crippen LogP contribution in [0.15, 0.2) is 4.73 Å². The molecule has 1 aromatic rings. The Bertz CT molecular complexity index is 578. The second-order valence-electron chi connectivity index (χ2n) is 5.94. The van der Waals surface area contributed by atoms with E-state index in [1.807, 2.05) is 0 Å². The lowest BCUT2D eigenvalue weighted by molar-refractivity contribution is -0.150. The number of imidazole rings is 1. The second-order valence-corrected chi connectivity index (χ2v) is 6.65. The van der Waals surface area contributed by atoms with Gasteiger partial charge in [-0.1, -0.05) is 0 Å². The van der Waals surface area contributed by atoms with Gasteiger partial charge < -0.3 is 15.0 Å². The molecule has 9 heteroatoms. The summed E-state index contributed by atoms with van der Waals surface area (Å²) in [6.07, 6.45) is -4.36. The minimum absolute atomic E-state index is 0.0730. The highest BCUT2D eigenvalue weighted by molar-refractivity contribution is 9.10. The van der Waals surface area contributed by atoms with Gasteiger partial charge in [0.1, 0.15) is 11.4 Å². The molecule has 1 fully saturated rings. The van der Waals surface area contributed by atoms with Crippen LogP contribution in [0, 0.1) is 5.92 Å². The summed E-state index contributed by atoms with van der Waals surface area (Å²) in [4.78, 5) is 15.8. The SMILES string of the molecule is CC(C)(C)OC(=O)c1nc(Br)n([C@@H]2C[C@H]2C(F)(F)F)c1N. The van der Waals surface area contributed by atoms with Gasteiger partial charge in [-0.15, -0.1) is 0 Å². The Hall–Kier alpha value is -1.25. The van der Waals surface area contributed by atoms with Crippen LogP contribution in [-0.2, 0) is 4.74 Å². The van der Waals surface area contributed by atoms with Gasteiger partial charge in [0, 0.05) is 6.04 Å². The zero-order valence-electron chi connectivity index (χ0n) is 11.7. The van der Waals surface area contributed by atoms with E-state index in [9.17, 15) is 18.0 Å². The number of hydrogen-bond acceptors (Lipinski definition) is 4. The molecule has 0 spiro atoms. The average Bonchev–Trinajstić information content (AvgIpc) is 2.98. The van der Waals surface area contributed by atoms with Crippen molar-refractivity contribution < 1.29 is 22.7 Å². The lowest BCUT2D eigenvalue weighted by Crippen LogP contribution is -2.24. The van der Waals surface area contributed by atoms with E-state index >= 15 is 0 Å². The van der Waals surface area contributed by atoms with E-state index in [1.165, 1.54) is 4.57 Å². The molecule has 1 aromatic heterocycles. The summed E-state index contributed by atoms with van der Waals surface area (Å²) in [6, 6.07) is -0.830. The lowest BCUT2D eigenvalue weighted by atomic mass is 10.2. The Morgan fingerprint density at radius 3 is 2.43 bits per heavy atom. The lowest BCUT2D eigenvalue weighted by Gasteiger charge is -2.18. The van der Waals surface area contributed by atoms with Crippen LogP contribution in [0.2, 0.25) is 0 Å². The van der Waals surface area contributed by atoms with Crippen molar-refractivity contribution in [3.63, 3.8) is 0 Å². The summed E-state index contributed by atoms with van der Waals surface area (Å²) in [5, 5.41) is 0. The van der Waals surface area contributed by atoms with Crippen LogP contribution in [0.1, 0.15) is 43.7 Å². The number of aromatic nitrogens is 2. The van der Waals surface area contributed by atoms with Crippen LogP contribution in [0.4, 0.5) is 19.0 Å². The first-order valence-electron chi connectivity index (χ1n) is 6.25. The molecule has 5 nitrogen and oxygen atoms in total. The third-order valence-corrected chi connectivity index (χ3v) is 3.57. The van der Waals surface area contributed by atoms with Crippen molar-refractivity contribution in [2.45, 2.75) is 45.0 Å². The number of rotatable bonds is 2. The number of nitrogens with two attached hydrogens (primary N) is 1. The quantitative estimate of drug-likeness (QED) is 0.811. The molecule has 0 aromatic carbocycles. The highest BCUT2D eigenvalue weighted by Crippen LogP contribution is 2.55. The number of carbonyl (C=O) groups is 1. The average molecular weight is 370 g/mol. The maximum Gasteiger partial charge on any atom is 0.393 e. The van der Waals surface area contributed by atoms with Crippen molar-refractivity contribution in [3.8, 4) is 0 Å². The van der Waals surface area contributed by atoms with Gasteiger partial charge in [0.2, 0.25) is 0 Å². The normalized spacial score (nSPS) is 22.2. The molecule has 0 bridgehead atoms. The van der Waals surface area contributed by atoms with E-state index in [0.29, 0.717) is 0 Å². The van der Waals surface area contributed by atoms with E-state index in [-0.39, 0.29) is 22.7 Å². The topological polar surface area (TPSA) is 70.1 Å². The van der Waals surface area contributed by atoms with Crippen LogP contribution in [0.25, 0.3) is 0 Å². The number of nitrogens with zero attached hydrogens (tertiary/aromatic N) is 2. The zero-order valence-corrected chi connectivity index (χ0v) is 13.2. The number of esters is 1. The first-order chi connectivity index (χ1) is 9.42. The number of alkyl halides is 3. The van der Waals surface area contributed by atoms with Crippen molar-refractivity contribution in [2.24, 2.45) is 5.92 Å². The summed E-state index contributed by atoms with van der Waals surface area (Å²) in [6.45, 7) is 5.02. The Morgan fingerprint density at radius 1 is 1.43 bits per heavy atom. The van der Waals surface area contributed by atoms with E-state index < -0.39 is 29.7 Å². The Kier molecular flexibility index (Phi) is 3.76. The Labute approximate surface area is 127 Å². The number of nitrogen functional groups attached to an aromatic ring is 1. The van der Waals surface area contributed by atoms with Gasteiger partial charge in [-0.2, -0.15) is 13.2 Å². The highest BCUT2D eigenvalue weighted by atomic mass is 79.9. The smallest absolute Gasteiger partial charge is 0.393 e.